The lowest BCUT2D eigenvalue weighted by molar-refractivity contribution is 0.0391. The van der Waals surface area contributed by atoms with Crippen molar-refractivity contribution in [2.24, 2.45) is 13.0 Å². The van der Waals surface area contributed by atoms with Crippen molar-refractivity contribution in [3.05, 3.63) is 66.4 Å². The molecule has 30 heavy (non-hydrogen) atoms. The van der Waals surface area contributed by atoms with Crippen LogP contribution in [0.15, 0.2) is 60.8 Å². The van der Waals surface area contributed by atoms with Crippen molar-refractivity contribution in [1.29, 1.82) is 0 Å². The lowest BCUT2D eigenvalue weighted by atomic mass is 9.78. The molecule has 154 valence electrons. The number of aromatic nitrogens is 2. The molecule has 4 nitrogen and oxygen atoms in total. The number of rotatable bonds is 3. The molecule has 0 bridgehead atoms. The second-order valence-corrected chi connectivity index (χ2v) is 8.73. The molecule has 4 heteroatoms. The molecule has 1 aromatic heterocycles. The summed E-state index contributed by atoms with van der Waals surface area (Å²) in [4.78, 5) is 15.8. The van der Waals surface area contributed by atoms with Gasteiger partial charge in [-0.3, -0.25) is 9.48 Å². The number of likely N-dealkylation sites (tertiary alicyclic amines) is 1. The summed E-state index contributed by atoms with van der Waals surface area (Å²) in [5.41, 5.74) is 5.06. The van der Waals surface area contributed by atoms with E-state index in [1.165, 1.54) is 36.8 Å². The van der Waals surface area contributed by atoms with Crippen LogP contribution in [0.3, 0.4) is 0 Å². The second-order valence-electron chi connectivity index (χ2n) is 8.73. The van der Waals surface area contributed by atoms with Crippen LogP contribution in [0.25, 0.3) is 22.4 Å². The molecule has 5 rings (SSSR count). The SMILES string of the molecule is Cn1ncc(C(=O)N2CCCC3CCCCC32)c1-c1ccc(-c2ccccc2)cc1. The number of benzene rings is 2. The van der Waals surface area contributed by atoms with Gasteiger partial charge in [-0.15, -0.1) is 0 Å². The minimum absolute atomic E-state index is 0.154. The van der Waals surface area contributed by atoms with Gasteiger partial charge in [0.1, 0.15) is 0 Å². The first-order valence-corrected chi connectivity index (χ1v) is 11.2. The molecule has 2 fully saturated rings. The average Bonchev–Trinajstić information content (AvgIpc) is 3.20. The summed E-state index contributed by atoms with van der Waals surface area (Å²) in [5.74, 6) is 0.837. The van der Waals surface area contributed by atoms with Crippen LogP contribution in [-0.4, -0.2) is 33.2 Å². The third kappa shape index (κ3) is 3.45. The molecule has 1 aliphatic carbocycles. The van der Waals surface area contributed by atoms with Crippen LogP contribution in [0.4, 0.5) is 0 Å². The van der Waals surface area contributed by atoms with Gasteiger partial charge in [-0.2, -0.15) is 5.10 Å². The lowest BCUT2D eigenvalue weighted by Crippen LogP contribution is -2.49. The maximum absolute atomic E-state index is 13.6. The van der Waals surface area contributed by atoms with Crippen LogP contribution < -0.4 is 0 Å². The molecular formula is C26H29N3O. The number of hydrogen-bond donors (Lipinski definition) is 0. The fraction of sp³-hybridized carbons (Fsp3) is 0.385. The van der Waals surface area contributed by atoms with E-state index in [0.717, 1.165) is 36.2 Å². The number of aryl methyl sites for hydroxylation is 1. The van der Waals surface area contributed by atoms with Crippen LogP contribution in [0.5, 0.6) is 0 Å². The quantitative estimate of drug-likeness (QED) is 0.579. The number of amides is 1. The molecule has 2 heterocycles. The van der Waals surface area contributed by atoms with Crippen LogP contribution in [0.1, 0.15) is 48.9 Å². The van der Waals surface area contributed by atoms with Crippen molar-refractivity contribution in [3.63, 3.8) is 0 Å². The number of carbonyl (C=O) groups is 1. The Kier molecular flexibility index (Phi) is 5.16. The molecule has 2 atom stereocenters. The molecular weight excluding hydrogens is 370 g/mol. The van der Waals surface area contributed by atoms with Gasteiger partial charge in [-0.1, -0.05) is 67.4 Å². The number of piperidine rings is 1. The average molecular weight is 400 g/mol. The van der Waals surface area contributed by atoms with Crippen molar-refractivity contribution in [2.45, 2.75) is 44.6 Å². The van der Waals surface area contributed by atoms with E-state index in [1.807, 2.05) is 17.8 Å². The van der Waals surface area contributed by atoms with Gasteiger partial charge in [-0.25, -0.2) is 0 Å². The van der Waals surface area contributed by atoms with Crippen molar-refractivity contribution in [1.82, 2.24) is 14.7 Å². The summed E-state index contributed by atoms with van der Waals surface area (Å²) >= 11 is 0. The summed E-state index contributed by atoms with van der Waals surface area (Å²) in [6.07, 6.45) is 9.13. The minimum atomic E-state index is 0.154. The normalized spacial score (nSPS) is 21.3. The van der Waals surface area contributed by atoms with Crippen molar-refractivity contribution >= 4 is 5.91 Å². The van der Waals surface area contributed by atoms with Gasteiger partial charge in [0.05, 0.1) is 17.5 Å². The third-order valence-corrected chi connectivity index (χ3v) is 6.94. The zero-order chi connectivity index (χ0) is 20.5. The maximum Gasteiger partial charge on any atom is 0.257 e. The van der Waals surface area contributed by atoms with E-state index < -0.39 is 0 Å². The summed E-state index contributed by atoms with van der Waals surface area (Å²) in [7, 11) is 1.93. The van der Waals surface area contributed by atoms with Crippen molar-refractivity contribution in [2.75, 3.05) is 6.54 Å². The third-order valence-electron chi connectivity index (χ3n) is 6.94. The number of fused-ring (bicyclic) bond motifs is 1. The van der Waals surface area contributed by atoms with Gasteiger partial charge in [0.25, 0.3) is 5.91 Å². The van der Waals surface area contributed by atoms with Gasteiger partial charge in [0, 0.05) is 25.2 Å². The summed E-state index contributed by atoms with van der Waals surface area (Å²) in [5, 5.41) is 4.46. The van der Waals surface area contributed by atoms with Gasteiger partial charge >= 0.3 is 0 Å². The van der Waals surface area contributed by atoms with Crippen LogP contribution in [0.2, 0.25) is 0 Å². The lowest BCUT2D eigenvalue weighted by Gasteiger charge is -2.44. The van der Waals surface area contributed by atoms with Gasteiger partial charge in [0.15, 0.2) is 0 Å². The highest BCUT2D eigenvalue weighted by atomic mass is 16.2. The van der Waals surface area contributed by atoms with Gasteiger partial charge in [0.2, 0.25) is 0 Å². The Morgan fingerprint density at radius 1 is 0.867 bits per heavy atom. The molecule has 0 radical (unpaired) electrons. The Bertz CT molecular complexity index is 1020. The smallest absolute Gasteiger partial charge is 0.257 e. The highest BCUT2D eigenvalue weighted by molar-refractivity contribution is 6.00. The monoisotopic (exact) mass is 399 g/mol. The molecule has 2 unspecified atom stereocenters. The fourth-order valence-electron chi connectivity index (χ4n) is 5.42. The topological polar surface area (TPSA) is 38.1 Å². The first-order valence-electron chi connectivity index (χ1n) is 11.2. The molecule has 1 aliphatic heterocycles. The van der Waals surface area contributed by atoms with E-state index in [1.54, 1.807) is 6.20 Å². The molecule has 2 aromatic carbocycles. The molecule has 1 saturated carbocycles. The Hall–Kier alpha value is -2.88. The molecule has 0 spiro atoms. The Labute approximate surface area is 178 Å². The zero-order valence-corrected chi connectivity index (χ0v) is 17.6. The van der Waals surface area contributed by atoms with E-state index in [-0.39, 0.29) is 5.91 Å². The summed E-state index contributed by atoms with van der Waals surface area (Å²) in [6.45, 7) is 0.876. The standard InChI is InChI=1S/C26H29N3O/c1-28-25(22-15-13-20(14-16-22)19-8-3-2-4-9-19)23(18-27-28)26(30)29-17-7-11-21-10-5-6-12-24(21)29/h2-4,8-9,13-16,18,21,24H,5-7,10-12,17H2,1H3. The number of hydrogen-bond acceptors (Lipinski definition) is 2. The van der Waals surface area contributed by atoms with E-state index >= 15 is 0 Å². The van der Waals surface area contributed by atoms with E-state index in [9.17, 15) is 4.79 Å². The van der Waals surface area contributed by atoms with Crippen LogP contribution in [-0.2, 0) is 7.05 Å². The summed E-state index contributed by atoms with van der Waals surface area (Å²) in [6, 6.07) is 19.3. The predicted molar refractivity (Wildman–Crippen MR) is 120 cm³/mol. The van der Waals surface area contributed by atoms with Gasteiger partial charge < -0.3 is 4.90 Å². The largest absolute Gasteiger partial charge is 0.335 e. The number of carbonyl (C=O) groups excluding carboxylic acids is 1. The molecule has 2 aliphatic rings. The molecule has 3 aromatic rings. The Morgan fingerprint density at radius 3 is 2.33 bits per heavy atom. The predicted octanol–water partition coefficient (Wildman–Crippen LogP) is 5.55. The summed E-state index contributed by atoms with van der Waals surface area (Å²) < 4.78 is 1.84. The van der Waals surface area contributed by atoms with Crippen LogP contribution >= 0.6 is 0 Å². The van der Waals surface area contributed by atoms with E-state index in [4.69, 9.17) is 0 Å². The highest BCUT2D eigenvalue weighted by Crippen LogP contribution is 2.37. The second kappa shape index (κ2) is 8.10. The molecule has 1 saturated heterocycles. The fourth-order valence-corrected chi connectivity index (χ4v) is 5.42. The van der Waals surface area contributed by atoms with Crippen LogP contribution in [0, 0.1) is 5.92 Å². The van der Waals surface area contributed by atoms with Crippen molar-refractivity contribution < 1.29 is 4.79 Å². The molecule has 0 N–H and O–H groups in total. The molecule has 1 amide bonds. The Balaban J connectivity index is 1.45. The first kappa shape index (κ1) is 19.1. The van der Waals surface area contributed by atoms with E-state index in [0.29, 0.717) is 12.0 Å². The van der Waals surface area contributed by atoms with E-state index in [2.05, 4.69) is 58.5 Å². The first-order chi connectivity index (χ1) is 14.7. The minimum Gasteiger partial charge on any atom is -0.335 e. The zero-order valence-electron chi connectivity index (χ0n) is 17.6. The van der Waals surface area contributed by atoms with Gasteiger partial charge in [-0.05, 0) is 42.7 Å². The highest BCUT2D eigenvalue weighted by Gasteiger charge is 2.37. The Morgan fingerprint density at radius 2 is 1.53 bits per heavy atom. The maximum atomic E-state index is 13.6. The van der Waals surface area contributed by atoms with Crippen molar-refractivity contribution in [3.8, 4) is 22.4 Å². The number of nitrogens with zero attached hydrogens (tertiary/aromatic N) is 3.